The minimum Gasteiger partial charge on any atom is -0.322 e. The molecule has 32 heavy (non-hydrogen) atoms. The number of amides is 1. The topological polar surface area (TPSA) is 106 Å². The standard InChI is InChI=1S/C22H18FN5O3S/c23-18-7-11-20(12-8-18)32(30,31)27-19-9-5-16(6-10-19)22(29)26-21-4-2-1-3-17(21)13-28-15-24-14-25-28/h1-12,14-15,27H,13H2,(H,26,29). The van der Waals surface area contributed by atoms with Crippen molar-refractivity contribution in [2.24, 2.45) is 0 Å². The van der Waals surface area contributed by atoms with Crippen LogP contribution in [0.15, 0.2) is 90.3 Å². The number of sulfonamides is 1. The quantitative estimate of drug-likeness (QED) is 0.447. The molecule has 0 spiro atoms. The Morgan fingerprint density at radius 2 is 1.69 bits per heavy atom. The van der Waals surface area contributed by atoms with Crippen LogP contribution in [0.1, 0.15) is 15.9 Å². The highest BCUT2D eigenvalue weighted by Crippen LogP contribution is 2.20. The van der Waals surface area contributed by atoms with Crippen molar-refractivity contribution in [2.75, 3.05) is 10.0 Å². The van der Waals surface area contributed by atoms with Crippen LogP contribution in [-0.4, -0.2) is 29.1 Å². The number of nitrogens with zero attached hydrogens (tertiary/aromatic N) is 3. The molecule has 0 saturated heterocycles. The second-order valence-electron chi connectivity index (χ2n) is 6.84. The van der Waals surface area contributed by atoms with E-state index in [-0.39, 0.29) is 16.5 Å². The molecule has 0 fully saturated rings. The van der Waals surface area contributed by atoms with Gasteiger partial charge in [0.2, 0.25) is 0 Å². The molecule has 4 aromatic rings. The molecular formula is C22H18FN5O3S. The lowest BCUT2D eigenvalue weighted by Gasteiger charge is -2.12. The molecule has 0 aliphatic heterocycles. The Kier molecular flexibility index (Phi) is 5.95. The number of carbonyl (C=O) groups is 1. The van der Waals surface area contributed by atoms with E-state index in [0.29, 0.717) is 17.8 Å². The zero-order valence-corrected chi connectivity index (χ0v) is 17.5. The Labute approximate surface area is 183 Å². The molecule has 2 N–H and O–H groups in total. The number of halogens is 1. The summed E-state index contributed by atoms with van der Waals surface area (Å²) in [5, 5.41) is 6.94. The van der Waals surface area contributed by atoms with E-state index in [1.807, 2.05) is 18.2 Å². The van der Waals surface area contributed by atoms with Crippen molar-refractivity contribution >= 4 is 27.3 Å². The van der Waals surface area contributed by atoms with Gasteiger partial charge in [-0.3, -0.25) is 9.52 Å². The first-order valence-corrected chi connectivity index (χ1v) is 11.0. The minimum atomic E-state index is -3.87. The summed E-state index contributed by atoms with van der Waals surface area (Å²) in [5.41, 5.74) is 2.12. The van der Waals surface area contributed by atoms with E-state index in [4.69, 9.17) is 0 Å². The van der Waals surface area contributed by atoms with Gasteiger partial charge in [-0.2, -0.15) is 5.10 Å². The Morgan fingerprint density at radius 1 is 0.969 bits per heavy atom. The molecule has 1 heterocycles. The van der Waals surface area contributed by atoms with Gasteiger partial charge in [-0.05, 0) is 60.2 Å². The van der Waals surface area contributed by atoms with Crippen molar-refractivity contribution in [2.45, 2.75) is 11.4 Å². The van der Waals surface area contributed by atoms with Gasteiger partial charge in [0.1, 0.15) is 18.5 Å². The number of carbonyl (C=O) groups excluding carboxylic acids is 1. The largest absolute Gasteiger partial charge is 0.322 e. The normalized spacial score (nSPS) is 11.2. The van der Waals surface area contributed by atoms with Crippen LogP contribution in [0.3, 0.4) is 0 Å². The summed E-state index contributed by atoms with van der Waals surface area (Å²) in [4.78, 5) is 16.5. The van der Waals surface area contributed by atoms with E-state index in [1.165, 1.54) is 42.7 Å². The molecule has 1 aromatic heterocycles. The molecule has 0 radical (unpaired) electrons. The fraction of sp³-hybridized carbons (Fsp3) is 0.0455. The van der Waals surface area contributed by atoms with Gasteiger partial charge in [-0.15, -0.1) is 0 Å². The second kappa shape index (κ2) is 8.98. The fourth-order valence-corrected chi connectivity index (χ4v) is 4.04. The summed E-state index contributed by atoms with van der Waals surface area (Å²) in [5.74, 6) is -0.869. The van der Waals surface area contributed by atoms with Crippen LogP contribution >= 0.6 is 0 Å². The minimum absolute atomic E-state index is 0.0651. The fourth-order valence-electron chi connectivity index (χ4n) is 2.98. The third-order valence-electron chi connectivity index (χ3n) is 4.59. The summed E-state index contributed by atoms with van der Waals surface area (Å²) in [6.07, 6.45) is 3.03. The maximum atomic E-state index is 13.0. The third kappa shape index (κ3) is 4.98. The molecule has 8 nitrogen and oxygen atoms in total. The SMILES string of the molecule is O=C(Nc1ccccc1Cn1cncn1)c1ccc(NS(=O)(=O)c2ccc(F)cc2)cc1. The highest BCUT2D eigenvalue weighted by atomic mass is 32.2. The van der Waals surface area contributed by atoms with Crippen molar-refractivity contribution in [1.29, 1.82) is 0 Å². The van der Waals surface area contributed by atoms with Gasteiger partial charge in [0.05, 0.1) is 11.4 Å². The number of hydrogen-bond acceptors (Lipinski definition) is 5. The summed E-state index contributed by atoms with van der Waals surface area (Å²) in [6, 6.07) is 17.8. The summed E-state index contributed by atoms with van der Waals surface area (Å²) < 4.78 is 41.9. The second-order valence-corrected chi connectivity index (χ2v) is 8.52. The van der Waals surface area contributed by atoms with E-state index >= 15 is 0 Å². The molecular weight excluding hydrogens is 433 g/mol. The highest BCUT2D eigenvalue weighted by molar-refractivity contribution is 7.92. The predicted octanol–water partition coefficient (Wildman–Crippen LogP) is 3.52. The Hall–Kier alpha value is -4.05. The average molecular weight is 451 g/mol. The van der Waals surface area contributed by atoms with E-state index in [2.05, 4.69) is 20.1 Å². The number of anilines is 2. The van der Waals surface area contributed by atoms with Crippen LogP contribution in [0.4, 0.5) is 15.8 Å². The number of aromatic nitrogens is 3. The molecule has 10 heteroatoms. The maximum absolute atomic E-state index is 13.0. The summed E-state index contributed by atoms with van der Waals surface area (Å²) in [6.45, 7) is 0.445. The van der Waals surface area contributed by atoms with Gasteiger partial charge in [0, 0.05) is 16.9 Å². The lowest BCUT2D eigenvalue weighted by molar-refractivity contribution is 0.102. The van der Waals surface area contributed by atoms with Gasteiger partial charge in [0.15, 0.2) is 0 Å². The number of nitrogens with one attached hydrogen (secondary N) is 2. The molecule has 0 aliphatic rings. The lowest BCUT2D eigenvalue weighted by Crippen LogP contribution is -2.15. The Bertz CT molecular complexity index is 1320. The smallest absolute Gasteiger partial charge is 0.261 e. The van der Waals surface area contributed by atoms with E-state index in [0.717, 1.165) is 17.7 Å². The third-order valence-corrected chi connectivity index (χ3v) is 5.98. The lowest BCUT2D eigenvalue weighted by atomic mass is 10.1. The van der Waals surface area contributed by atoms with E-state index < -0.39 is 15.8 Å². The first kappa shape index (κ1) is 21.2. The molecule has 0 aliphatic carbocycles. The first-order valence-electron chi connectivity index (χ1n) is 9.51. The van der Waals surface area contributed by atoms with Gasteiger partial charge in [-0.25, -0.2) is 22.5 Å². The van der Waals surface area contributed by atoms with Gasteiger partial charge < -0.3 is 5.32 Å². The number of rotatable bonds is 7. The van der Waals surface area contributed by atoms with Crippen molar-refractivity contribution < 1.29 is 17.6 Å². The van der Waals surface area contributed by atoms with Crippen molar-refractivity contribution in [1.82, 2.24) is 14.8 Å². The molecule has 0 unspecified atom stereocenters. The highest BCUT2D eigenvalue weighted by Gasteiger charge is 2.15. The number of hydrogen-bond donors (Lipinski definition) is 2. The number of benzene rings is 3. The van der Waals surface area contributed by atoms with Gasteiger partial charge >= 0.3 is 0 Å². The van der Waals surface area contributed by atoms with Crippen molar-refractivity contribution in [3.8, 4) is 0 Å². The van der Waals surface area contributed by atoms with Crippen LogP contribution in [-0.2, 0) is 16.6 Å². The molecule has 1 amide bonds. The predicted molar refractivity (Wildman–Crippen MR) is 117 cm³/mol. The number of para-hydroxylation sites is 1. The molecule has 0 atom stereocenters. The van der Waals surface area contributed by atoms with Crippen molar-refractivity contribution in [3.63, 3.8) is 0 Å². The average Bonchev–Trinajstić information content (AvgIpc) is 3.29. The molecule has 3 aromatic carbocycles. The molecule has 162 valence electrons. The maximum Gasteiger partial charge on any atom is 0.261 e. The Morgan fingerprint density at radius 3 is 2.38 bits per heavy atom. The molecule has 0 bridgehead atoms. The van der Waals surface area contributed by atoms with Crippen LogP contribution < -0.4 is 10.0 Å². The Balaban J connectivity index is 1.45. The first-order chi connectivity index (χ1) is 15.4. The summed E-state index contributed by atoms with van der Waals surface area (Å²) in [7, 11) is -3.87. The van der Waals surface area contributed by atoms with Gasteiger partial charge in [-0.1, -0.05) is 18.2 Å². The summed E-state index contributed by atoms with van der Waals surface area (Å²) >= 11 is 0. The zero-order valence-electron chi connectivity index (χ0n) is 16.6. The molecule has 0 saturated carbocycles. The zero-order chi connectivity index (χ0) is 22.6. The van der Waals surface area contributed by atoms with Crippen LogP contribution in [0.5, 0.6) is 0 Å². The monoisotopic (exact) mass is 451 g/mol. The molecule has 4 rings (SSSR count). The van der Waals surface area contributed by atoms with Gasteiger partial charge in [0.25, 0.3) is 15.9 Å². The van der Waals surface area contributed by atoms with Crippen LogP contribution in [0, 0.1) is 5.82 Å². The van der Waals surface area contributed by atoms with E-state index in [1.54, 1.807) is 17.1 Å². The van der Waals surface area contributed by atoms with Crippen molar-refractivity contribution in [3.05, 3.63) is 102 Å². The van der Waals surface area contributed by atoms with Crippen LogP contribution in [0.2, 0.25) is 0 Å². The van der Waals surface area contributed by atoms with Crippen LogP contribution in [0.25, 0.3) is 0 Å². The van der Waals surface area contributed by atoms with E-state index in [9.17, 15) is 17.6 Å².